The van der Waals surface area contributed by atoms with Gasteiger partial charge in [-0.1, -0.05) is 5.16 Å². The number of hydrogen-bond acceptors (Lipinski definition) is 4. The molecule has 1 unspecified atom stereocenters. The largest absolute Gasteiger partial charge is 0.441 e. The second-order valence-electron chi connectivity index (χ2n) is 3.42. The number of oxime groups is 1. The van der Waals surface area contributed by atoms with Gasteiger partial charge in [0.2, 0.25) is 0 Å². The Kier molecular flexibility index (Phi) is 6.58. The van der Waals surface area contributed by atoms with Gasteiger partial charge < -0.3 is 15.8 Å². The smallest absolute Gasteiger partial charge is 0.409 e. The molecule has 0 radical (unpaired) electrons. The summed E-state index contributed by atoms with van der Waals surface area (Å²) in [6, 6.07) is -0.0651. The van der Waals surface area contributed by atoms with Crippen LogP contribution in [0.25, 0.3) is 0 Å². The summed E-state index contributed by atoms with van der Waals surface area (Å²) in [5.74, 6) is 0.0448. The minimum absolute atomic E-state index is 0.0273. The summed E-state index contributed by atoms with van der Waals surface area (Å²) in [5, 5.41) is 11.2. The number of alkyl halides is 3. The number of nitrogens with zero attached hydrogens (tertiary/aromatic N) is 2. The molecular formula is C8H16F3N3OS. The van der Waals surface area contributed by atoms with E-state index >= 15 is 0 Å². The lowest BCUT2D eigenvalue weighted by Crippen LogP contribution is -2.35. The molecule has 0 saturated carbocycles. The third kappa shape index (κ3) is 7.63. The van der Waals surface area contributed by atoms with E-state index in [1.807, 2.05) is 0 Å². The van der Waals surface area contributed by atoms with Crippen LogP contribution in [0.15, 0.2) is 5.16 Å². The normalized spacial score (nSPS) is 15.5. The maximum atomic E-state index is 11.8. The molecule has 0 aromatic rings. The first-order chi connectivity index (χ1) is 7.26. The molecule has 4 nitrogen and oxygen atoms in total. The molecule has 1 atom stereocenters. The first-order valence-electron chi connectivity index (χ1n) is 4.63. The monoisotopic (exact) mass is 259 g/mol. The van der Waals surface area contributed by atoms with Crippen LogP contribution in [0.1, 0.15) is 13.3 Å². The van der Waals surface area contributed by atoms with Crippen molar-refractivity contribution in [2.45, 2.75) is 24.9 Å². The maximum Gasteiger partial charge on any atom is 0.441 e. The predicted molar refractivity (Wildman–Crippen MR) is 58.6 cm³/mol. The zero-order valence-electron chi connectivity index (χ0n) is 9.16. The second-order valence-corrected chi connectivity index (χ2v) is 4.58. The van der Waals surface area contributed by atoms with Crippen LogP contribution < -0.4 is 5.73 Å². The Balaban J connectivity index is 3.84. The van der Waals surface area contributed by atoms with Gasteiger partial charge in [-0.2, -0.15) is 13.2 Å². The lowest BCUT2D eigenvalue weighted by Gasteiger charge is -2.24. The quantitative estimate of drug-likeness (QED) is 0.330. The van der Waals surface area contributed by atoms with E-state index in [4.69, 9.17) is 10.9 Å². The summed E-state index contributed by atoms with van der Waals surface area (Å²) in [4.78, 5) is 1.73. The molecule has 0 heterocycles. The van der Waals surface area contributed by atoms with Gasteiger partial charge in [-0.05, 0) is 25.7 Å². The fourth-order valence-electron chi connectivity index (χ4n) is 1.03. The van der Waals surface area contributed by atoms with Crippen LogP contribution in [-0.4, -0.2) is 46.8 Å². The molecule has 0 bridgehead atoms. The number of thioether (sulfide) groups is 1. The van der Waals surface area contributed by atoms with Crippen LogP contribution in [-0.2, 0) is 0 Å². The highest BCUT2D eigenvalue weighted by molar-refractivity contribution is 8.00. The number of halogens is 3. The zero-order chi connectivity index (χ0) is 12.8. The van der Waals surface area contributed by atoms with E-state index in [0.717, 1.165) is 0 Å². The lowest BCUT2D eigenvalue weighted by atomic mass is 10.2. The number of hydrogen-bond donors (Lipinski definition) is 2. The van der Waals surface area contributed by atoms with E-state index in [1.54, 1.807) is 18.9 Å². The minimum Gasteiger partial charge on any atom is -0.409 e. The first-order valence-corrected chi connectivity index (χ1v) is 5.62. The van der Waals surface area contributed by atoms with Crippen LogP contribution in [0.5, 0.6) is 0 Å². The number of amidine groups is 1. The Morgan fingerprint density at radius 1 is 1.56 bits per heavy atom. The third-order valence-corrected chi connectivity index (χ3v) is 2.81. The summed E-state index contributed by atoms with van der Waals surface area (Å²) in [6.45, 7) is 2.10. The topological polar surface area (TPSA) is 61.9 Å². The van der Waals surface area contributed by atoms with Crippen molar-refractivity contribution in [1.82, 2.24) is 4.90 Å². The van der Waals surface area contributed by atoms with Crippen molar-refractivity contribution in [3.05, 3.63) is 0 Å². The molecule has 0 rings (SSSR count). The van der Waals surface area contributed by atoms with Crippen LogP contribution in [0.4, 0.5) is 13.2 Å². The highest BCUT2D eigenvalue weighted by atomic mass is 32.2. The van der Waals surface area contributed by atoms with Gasteiger partial charge in [0.25, 0.3) is 0 Å². The molecular weight excluding hydrogens is 243 g/mol. The fourth-order valence-corrected chi connectivity index (χ4v) is 1.64. The lowest BCUT2D eigenvalue weighted by molar-refractivity contribution is -0.0328. The van der Waals surface area contributed by atoms with Crippen molar-refractivity contribution in [1.29, 1.82) is 0 Å². The first kappa shape index (κ1) is 15.4. The molecule has 0 aromatic heterocycles. The van der Waals surface area contributed by atoms with Gasteiger partial charge in [0.1, 0.15) is 5.84 Å². The molecule has 3 N–H and O–H groups in total. The molecule has 0 aliphatic carbocycles. The van der Waals surface area contributed by atoms with Crippen LogP contribution in [0, 0.1) is 0 Å². The summed E-state index contributed by atoms with van der Waals surface area (Å²) >= 11 is -0.0486. The maximum absolute atomic E-state index is 11.8. The van der Waals surface area contributed by atoms with Crippen molar-refractivity contribution in [2.75, 3.05) is 19.3 Å². The molecule has 0 fully saturated rings. The van der Waals surface area contributed by atoms with Gasteiger partial charge >= 0.3 is 5.51 Å². The van der Waals surface area contributed by atoms with Gasteiger partial charge in [-0.3, -0.25) is 0 Å². The van der Waals surface area contributed by atoms with Gasteiger partial charge in [-0.15, -0.1) is 0 Å². The molecule has 0 amide bonds. The van der Waals surface area contributed by atoms with Crippen molar-refractivity contribution in [3.63, 3.8) is 0 Å². The van der Waals surface area contributed by atoms with Crippen LogP contribution in [0.2, 0.25) is 0 Å². The Morgan fingerprint density at radius 3 is 2.56 bits per heavy atom. The molecule has 8 heteroatoms. The standard InChI is InChI=1S/C8H16F3N3OS/c1-6(5-7(12)13-15)14(2)3-4-16-8(9,10)11/h6,15H,3-5H2,1-2H3,(H2,12,13). The predicted octanol–water partition coefficient (Wildman–Crippen LogP) is 1.70. The SMILES string of the molecule is CC(CC(N)=NO)N(C)CCSC(F)(F)F. The van der Waals surface area contributed by atoms with E-state index in [9.17, 15) is 13.2 Å². The van der Waals surface area contributed by atoms with E-state index in [0.29, 0.717) is 13.0 Å². The number of rotatable bonds is 6. The minimum atomic E-state index is -4.18. The Bertz CT molecular complexity index is 235. The summed E-state index contributed by atoms with van der Waals surface area (Å²) in [7, 11) is 1.70. The van der Waals surface area contributed by atoms with E-state index in [1.165, 1.54) is 0 Å². The molecule has 96 valence electrons. The van der Waals surface area contributed by atoms with Crippen LogP contribution in [0.3, 0.4) is 0 Å². The molecule has 0 saturated heterocycles. The van der Waals surface area contributed by atoms with E-state index in [-0.39, 0.29) is 29.4 Å². The van der Waals surface area contributed by atoms with Crippen molar-refractivity contribution < 1.29 is 18.4 Å². The molecule has 0 aliphatic rings. The second kappa shape index (κ2) is 6.85. The van der Waals surface area contributed by atoms with Gasteiger partial charge in [-0.25, -0.2) is 0 Å². The van der Waals surface area contributed by atoms with Crippen molar-refractivity contribution >= 4 is 17.6 Å². The highest BCUT2D eigenvalue weighted by Gasteiger charge is 2.27. The van der Waals surface area contributed by atoms with Crippen molar-refractivity contribution in [2.24, 2.45) is 10.9 Å². The Hall–Kier alpha value is -0.630. The van der Waals surface area contributed by atoms with Gasteiger partial charge in [0.05, 0.1) is 0 Å². The highest BCUT2D eigenvalue weighted by Crippen LogP contribution is 2.29. The van der Waals surface area contributed by atoms with Crippen molar-refractivity contribution in [3.8, 4) is 0 Å². The third-order valence-electron chi connectivity index (χ3n) is 2.10. The van der Waals surface area contributed by atoms with Crippen LogP contribution >= 0.6 is 11.8 Å². The Labute approximate surface area is 96.7 Å². The summed E-state index contributed by atoms with van der Waals surface area (Å²) in [5.41, 5.74) is 1.11. The van der Waals surface area contributed by atoms with Gasteiger partial charge in [0.15, 0.2) is 0 Å². The zero-order valence-corrected chi connectivity index (χ0v) is 9.98. The fraction of sp³-hybridized carbons (Fsp3) is 0.875. The van der Waals surface area contributed by atoms with E-state index < -0.39 is 5.51 Å². The molecule has 16 heavy (non-hydrogen) atoms. The molecule has 0 aromatic carbocycles. The summed E-state index contributed by atoms with van der Waals surface area (Å²) < 4.78 is 35.5. The van der Waals surface area contributed by atoms with Gasteiger partial charge in [0, 0.05) is 24.8 Å². The Morgan fingerprint density at radius 2 is 2.12 bits per heavy atom. The number of nitrogens with two attached hydrogens (primary N) is 1. The average molecular weight is 259 g/mol. The average Bonchev–Trinajstić information content (AvgIpc) is 2.15. The molecule has 0 aliphatic heterocycles. The summed E-state index contributed by atoms with van der Waals surface area (Å²) in [6.07, 6.45) is 0.323. The molecule has 0 spiro atoms. The van der Waals surface area contributed by atoms with E-state index in [2.05, 4.69) is 5.16 Å².